The quantitative estimate of drug-likeness (QED) is 0.683. The molecule has 1 amide bonds. The number of hydrogen-bond donors (Lipinski definition) is 1. The maximum atomic E-state index is 12.7. The Morgan fingerprint density at radius 3 is 2.36 bits per heavy atom. The molecule has 28 heavy (non-hydrogen) atoms. The zero-order chi connectivity index (χ0) is 19.2. The topological polar surface area (TPSA) is 41.6 Å². The van der Waals surface area contributed by atoms with Gasteiger partial charge in [0.15, 0.2) is 0 Å². The van der Waals surface area contributed by atoms with E-state index in [1.54, 1.807) is 11.3 Å². The second kappa shape index (κ2) is 9.15. The van der Waals surface area contributed by atoms with Crippen LogP contribution in [0.15, 0.2) is 72.1 Å². The molecule has 5 heteroatoms. The molecule has 0 radical (unpaired) electrons. The Morgan fingerprint density at radius 1 is 0.964 bits per heavy atom. The summed E-state index contributed by atoms with van der Waals surface area (Å²) in [5.74, 6) is -0.0329. The van der Waals surface area contributed by atoms with Crippen molar-refractivity contribution in [2.45, 2.75) is 6.04 Å². The number of thiophene rings is 1. The molecular weight excluding hydrogens is 368 g/mol. The number of nitrogens with zero attached hydrogens (tertiary/aromatic N) is 1. The molecular formula is C23H24N2O2S. The predicted molar refractivity (Wildman–Crippen MR) is 114 cm³/mol. The van der Waals surface area contributed by atoms with E-state index >= 15 is 0 Å². The van der Waals surface area contributed by atoms with Gasteiger partial charge in [-0.1, -0.05) is 48.5 Å². The summed E-state index contributed by atoms with van der Waals surface area (Å²) in [4.78, 5) is 16.4. The third-order valence-corrected chi connectivity index (χ3v) is 6.04. The predicted octanol–water partition coefficient (Wildman–Crippen LogP) is 4.22. The summed E-state index contributed by atoms with van der Waals surface area (Å²) < 4.78 is 5.48. The molecule has 1 atom stereocenters. The van der Waals surface area contributed by atoms with Crippen molar-refractivity contribution < 1.29 is 9.53 Å². The molecule has 0 spiro atoms. The molecule has 2 aromatic carbocycles. The van der Waals surface area contributed by atoms with Crippen LogP contribution in [0.3, 0.4) is 0 Å². The largest absolute Gasteiger partial charge is 0.379 e. The fourth-order valence-corrected chi connectivity index (χ4v) is 4.38. The van der Waals surface area contributed by atoms with Crippen molar-refractivity contribution >= 4 is 17.2 Å². The molecule has 0 saturated carbocycles. The molecule has 1 aliphatic rings. The molecule has 144 valence electrons. The minimum Gasteiger partial charge on any atom is -0.379 e. The Hall–Kier alpha value is -2.47. The van der Waals surface area contributed by atoms with Gasteiger partial charge in [0.25, 0.3) is 5.91 Å². The number of carbonyl (C=O) groups excluding carboxylic acids is 1. The van der Waals surface area contributed by atoms with E-state index in [9.17, 15) is 4.79 Å². The second-order valence-electron chi connectivity index (χ2n) is 6.83. The van der Waals surface area contributed by atoms with Crippen LogP contribution in [-0.4, -0.2) is 43.7 Å². The van der Waals surface area contributed by atoms with Crippen LogP contribution in [0, 0.1) is 0 Å². The van der Waals surface area contributed by atoms with Crippen LogP contribution in [-0.2, 0) is 4.74 Å². The molecule has 4 nitrogen and oxygen atoms in total. The zero-order valence-corrected chi connectivity index (χ0v) is 16.5. The fourth-order valence-electron chi connectivity index (χ4n) is 3.52. The van der Waals surface area contributed by atoms with Crippen LogP contribution >= 0.6 is 11.3 Å². The summed E-state index contributed by atoms with van der Waals surface area (Å²) in [5.41, 5.74) is 2.95. The van der Waals surface area contributed by atoms with Crippen molar-refractivity contribution in [3.8, 4) is 11.1 Å². The van der Waals surface area contributed by atoms with Gasteiger partial charge in [-0.3, -0.25) is 9.69 Å². The Morgan fingerprint density at radius 2 is 1.68 bits per heavy atom. The minimum atomic E-state index is -0.0329. The monoisotopic (exact) mass is 392 g/mol. The van der Waals surface area contributed by atoms with E-state index in [1.165, 1.54) is 4.88 Å². The standard InChI is InChI=1S/C23H24N2O2S/c26-23(20-10-8-19(9-11-20)18-5-2-1-3-6-18)24-17-21(22-7-4-16-28-22)25-12-14-27-15-13-25/h1-11,16,21H,12-15,17H2,(H,24,26). The molecule has 1 N–H and O–H groups in total. The van der Waals surface area contributed by atoms with Crippen molar-refractivity contribution in [1.29, 1.82) is 0 Å². The summed E-state index contributed by atoms with van der Waals surface area (Å²) in [7, 11) is 0. The minimum absolute atomic E-state index is 0.0329. The highest BCUT2D eigenvalue weighted by atomic mass is 32.1. The van der Waals surface area contributed by atoms with Gasteiger partial charge in [0.1, 0.15) is 0 Å². The van der Waals surface area contributed by atoms with Crippen molar-refractivity contribution in [2.75, 3.05) is 32.8 Å². The Balaban J connectivity index is 1.42. The number of amides is 1. The number of rotatable bonds is 6. The summed E-state index contributed by atoms with van der Waals surface area (Å²) in [5, 5.41) is 5.22. The van der Waals surface area contributed by atoms with Crippen LogP contribution in [0.4, 0.5) is 0 Å². The zero-order valence-electron chi connectivity index (χ0n) is 15.7. The summed E-state index contributed by atoms with van der Waals surface area (Å²) >= 11 is 1.74. The molecule has 1 saturated heterocycles. The molecule has 2 heterocycles. The molecule has 1 unspecified atom stereocenters. The van der Waals surface area contributed by atoms with Crippen LogP contribution < -0.4 is 5.32 Å². The summed E-state index contributed by atoms with van der Waals surface area (Å²) in [6.45, 7) is 3.88. The van der Waals surface area contributed by atoms with E-state index in [0.29, 0.717) is 12.1 Å². The van der Waals surface area contributed by atoms with E-state index in [4.69, 9.17) is 4.74 Å². The normalized spacial score (nSPS) is 15.9. The van der Waals surface area contributed by atoms with Crippen molar-refractivity contribution in [3.05, 3.63) is 82.6 Å². The molecule has 1 fully saturated rings. The van der Waals surface area contributed by atoms with Gasteiger partial charge >= 0.3 is 0 Å². The lowest BCUT2D eigenvalue weighted by molar-refractivity contribution is 0.0169. The first-order chi connectivity index (χ1) is 13.8. The van der Waals surface area contributed by atoms with Crippen LogP contribution in [0.25, 0.3) is 11.1 Å². The third-order valence-electron chi connectivity index (χ3n) is 5.07. The number of carbonyl (C=O) groups is 1. The molecule has 4 rings (SSSR count). The maximum Gasteiger partial charge on any atom is 0.251 e. The average molecular weight is 393 g/mol. The lowest BCUT2D eigenvalue weighted by atomic mass is 10.0. The van der Waals surface area contributed by atoms with Gasteiger partial charge in [0.05, 0.1) is 19.3 Å². The van der Waals surface area contributed by atoms with E-state index in [1.807, 2.05) is 42.5 Å². The van der Waals surface area contributed by atoms with Gasteiger partial charge in [-0.05, 0) is 34.7 Å². The molecule has 0 aliphatic carbocycles. The second-order valence-corrected chi connectivity index (χ2v) is 7.81. The van der Waals surface area contributed by atoms with Crippen LogP contribution in [0.2, 0.25) is 0 Å². The smallest absolute Gasteiger partial charge is 0.251 e. The van der Waals surface area contributed by atoms with E-state index in [0.717, 1.165) is 37.4 Å². The summed E-state index contributed by atoms with van der Waals surface area (Å²) in [6, 6.07) is 22.4. The maximum absolute atomic E-state index is 12.7. The Bertz CT molecular complexity index is 873. The first-order valence-corrected chi connectivity index (χ1v) is 10.5. The van der Waals surface area contributed by atoms with E-state index < -0.39 is 0 Å². The van der Waals surface area contributed by atoms with Crippen molar-refractivity contribution in [3.63, 3.8) is 0 Å². The number of hydrogen-bond acceptors (Lipinski definition) is 4. The van der Waals surface area contributed by atoms with E-state index in [2.05, 4.69) is 39.9 Å². The lowest BCUT2D eigenvalue weighted by Gasteiger charge is -2.34. The molecule has 1 aromatic heterocycles. The van der Waals surface area contributed by atoms with Gasteiger partial charge in [-0.25, -0.2) is 0 Å². The first-order valence-electron chi connectivity index (χ1n) is 9.60. The SMILES string of the molecule is O=C(NCC(c1cccs1)N1CCOCC1)c1ccc(-c2ccccc2)cc1. The van der Waals surface area contributed by atoms with Crippen LogP contribution in [0.5, 0.6) is 0 Å². The van der Waals surface area contributed by atoms with Crippen molar-refractivity contribution in [1.82, 2.24) is 10.2 Å². The fraction of sp³-hybridized carbons (Fsp3) is 0.261. The van der Waals surface area contributed by atoms with Gasteiger partial charge in [-0.15, -0.1) is 11.3 Å². The third kappa shape index (κ3) is 4.50. The number of morpholine rings is 1. The number of nitrogens with one attached hydrogen (secondary N) is 1. The first kappa shape index (κ1) is 18.9. The van der Waals surface area contributed by atoms with Gasteiger partial charge in [0.2, 0.25) is 0 Å². The average Bonchev–Trinajstić information content (AvgIpc) is 3.30. The highest BCUT2D eigenvalue weighted by Crippen LogP contribution is 2.25. The Labute approximate surface area is 169 Å². The number of benzene rings is 2. The number of ether oxygens (including phenoxy) is 1. The molecule has 1 aliphatic heterocycles. The lowest BCUT2D eigenvalue weighted by Crippen LogP contribution is -2.43. The van der Waals surface area contributed by atoms with E-state index in [-0.39, 0.29) is 11.9 Å². The molecule has 3 aromatic rings. The summed E-state index contributed by atoms with van der Waals surface area (Å²) in [6.07, 6.45) is 0. The van der Waals surface area contributed by atoms with Gasteiger partial charge in [0, 0.05) is 30.1 Å². The molecule has 0 bridgehead atoms. The van der Waals surface area contributed by atoms with Gasteiger partial charge < -0.3 is 10.1 Å². The Kier molecular flexibility index (Phi) is 6.17. The highest BCUT2D eigenvalue weighted by Gasteiger charge is 2.24. The van der Waals surface area contributed by atoms with Crippen molar-refractivity contribution in [2.24, 2.45) is 0 Å². The highest BCUT2D eigenvalue weighted by molar-refractivity contribution is 7.10. The van der Waals surface area contributed by atoms with Crippen LogP contribution in [0.1, 0.15) is 21.3 Å². The van der Waals surface area contributed by atoms with Gasteiger partial charge in [-0.2, -0.15) is 0 Å².